The number of aryl methyl sites for hydroxylation is 1. The van der Waals surface area contributed by atoms with Crippen LogP contribution in [0, 0.1) is 6.92 Å². The first kappa shape index (κ1) is 26.6. The Bertz CT molecular complexity index is 1490. The number of nitrogens with zero attached hydrogens (tertiary/aromatic N) is 6. The van der Waals surface area contributed by atoms with Crippen LogP contribution in [0.25, 0.3) is 5.95 Å². The van der Waals surface area contributed by atoms with E-state index >= 15 is 0 Å². The van der Waals surface area contributed by atoms with Crippen molar-refractivity contribution in [2.45, 2.75) is 25.9 Å². The molecule has 2 aliphatic rings. The standard InChI is InChI=1S/C30H33N7O4/c1-21-15-28(34-30(33-21)37-12-10-31-19-37)36-14-13-35(11-9-22-3-6-24(39-2)7-4-22)25(18-36)29(38)32-17-23-5-8-26-27(16-23)41-20-40-26/h3-8,10,12,15-16,19,25H,9,11,13-14,17-18,20H2,1-2H3,(H,32,38). The van der Waals surface area contributed by atoms with E-state index in [4.69, 9.17) is 19.2 Å². The molecule has 0 radical (unpaired) electrons. The number of imidazole rings is 1. The molecule has 1 atom stereocenters. The lowest BCUT2D eigenvalue weighted by atomic mass is 10.1. The van der Waals surface area contributed by atoms with E-state index < -0.39 is 0 Å². The molecular formula is C30H33N7O4. The molecule has 0 saturated carbocycles. The Morgan fingerprint density at radius 2 is 1.88 bits per heavy atom. The highest BCUT2D eigenvalue weighted by atomic mass is 16.7. The number of anilines is 1. The highest BCUT2D eigenvalue weighted by Gasteiger charge is 2.33. The molecule has 0 aliphatic carbocycles. The molecule has 11 heteroatoms. The van der Waals surface area contributed by atoms with Crippen molar-refractivity contribution in [2.24, 2.45) is 0 Å². The van der Waals surface area contributed by atoms with Crippen molar-refractivity contribution in [1.82, 2.24) is 29.7 Å². The monoisotopic (exact) mass is 555 g/mol. The first-order chi connectivity index (χ1) is 20.1. The van der Waals surface area contributed by atoms with Crippen LogP contribution in [0.4, 0.5) is 5.82 Å². The number of piperazine rings is 1. The maximum absolute atomic E-state index is 13.7. The Hall–Kier alpha value is -4.64. The molecule has 41 heavy (non-hydrogen) atoms. The van der Waals surface area contributed by atoms with Gasteiger partial charge in [-0.2, -0.15) is 4.98 Å². The molecule has 1 fully saturated rings. The van der Waals surface area contributed by atoms with E-state index in [9.17, 15) is 4.79 Å². The molecule has 2 aromatic heterocycles. The smallest absolute Gasteiger partial charge is 0.239 e. The van der Waals surface area contributed by atoms with Gasteiger partial charge in [0.15, 0.2) is 11.5 Å². The van der Waals surface area contributed by atoms with E-state index in [-0.39, 0.29) is 18.7 Å². The third-order valence-corrected chi connectivity index (χ3v) is 7.43. The van der Waals surface area contributed by atoms with Crippen molar-refractivity contribution < 1.29 is 19.0 Å². The Balaban J connectivity index is 1.19. The van der Waals surface area contributed by atoms with Crippen molar-refractivity contribution in [3.05, 3.63) is 84.1 Å². The van der Waals surface area contributed by atoms with Crippen LogP contribution < -0.4 is 24.4 Å². The average molecular weight is 556 g/mol. The molecule has 0 spiro atoms. The number of amides is 1. The van der Waals surface area contributed by atoms with E-state index in [0.29, 0.717) is 24.8 Å². The highest BCUT2D eigenvalue weighted by molar-refractivity contribution is 5.82. The van der Waals surface area contributed by atoms with Crippen LogP contribution >= 0.6 is 0 Å². The molecule has 4 aromatic rings. The van der Waals surface area contributed by atoms with Gasteiger partial charge in [0.25, 0.3) is 0 Å². The number of fused-ring (bicyclic) bond motifs is 1. The Kier molecular flexibility index (Phi) is 7.68. The lowest BCUT2D eigenvalue weighted by Crippen LogP contribution is -2.59. The Morgan fingerprint density at radius 1 is 1.05 bits per heavy atom. The largest absolute Gasteiger partial charge is 0.497 e. The number of hydrogen-bond acceptors (Lipinski definition) is 9. The number of carbonyl (C=O) groups excluding carboxylic acids is 1. The fourth-order valence-electron chi connectivity index (χ4n) is 5.16. The van der Waals surface area contributed by atoms with Crippen molar-refractivity contribution in [1.29, 1.82) is 0 Å². The fraction of sp³-hybridized carbons (Fsp3) is 0.333. The Morgan fingerprint density at radius 3 is 2.68 bits per heavy atom. The van der Waals surface area contributed by atoms with Crippen LogP contribution in [-0.4, -0.2) is 76.4 Å². The van der Waals surface area contributed by atoms with Crippen LogP contribution in [-0.2, 0) is 17.8 Å². The molecule has 4 heterocycles. The zero-order valence-corrected chi connectivity index (χ0v) is 23.2. The van der Waals surface area contributed by atoms with Crippen LogP contribution in [0.3, 0.4) is 0 Å². The summed E-state index contributed by atoms with van der Waals surface area (Å²) in [5, 5.41) is 3.15. The summed E-state index contributed by atoms with van der Waals surface area (Å²) in [6, 6.07) is 15.4. The molecule has 2 aliphatic heterocycles. The van der Waals surface area contributed by atoms with Gasteiger partial charge in [0.05, 0.1) is 7.11 Å². The van der Waals surface area contributed by atoms with E-state index in [1.165, 1.54) is 5.56 Å². The Labute approximate surface area is 238 Å². The normalized spacial score (nSPS) is 16.5. The van der Waals surface area contributed by atoms with Gasteiger partial charge in [-0.3, -0.25) is 14.3 Å². The zero-order valence-electron chi connectivity index (χ0n) is 23.2. The van der Waals surface area contributed by atoms with E-state index in [1.807, 2.05) is 49.5 Å². The summed E-state index contributed by atoms with van der Waals surface area (Å²) in [4.78, 5) is 31.6. The second kappa shape index (κ2) is 11.8. The van der Waals surface area contributed by atoms with E-state index in [0.717, 1.165) is 54.6 Å². The number of ether oxygens (including phenoxy) is 3. The minimum atomic E-state index is -0.358. The lowest BCUT2D eigenvalue weighted by Gasteiger charge is -2.41. The minimum absolute atomic E-state index is 0.0253. The van der Waals surface area contributed by atoms with Gasteiger partial charge in [0.1, 0.15) is 23.9 Å². The summed E-state index contributed by atoms with van der Waals surface area (Å²) in [5.74, 6) is 3.59. The number of aromatic nitrogens is 4. The SMILES string of the molecule is COc1ccc(CCN2CCN(c3cc(C)nc(-n4ccnc4)n3)CC2C(=O)NCc2ccc3c(c2)OCO3)cc1. The van der Waals surface area contributed by atoms with Crippen molar-refractivity contribution in [3.63, 3.8) is 0 Å². The molecule has 0 bridgehead atoms. The quantitative estimate of drug-likeness (QED) is 0.334. The van der Waals surface area contributed by atoms with Crippen molar-refractivity contribution in [2.75, 3.05) is 45.0 Å². The van der Waals surface area contributed by atoms with Crippen LogP contribution in [0.5, 0.6) is 17.2 Å². The van der Waals surface area contributed by atoms with Gasteiger partial charge in [-0.25, -0.2) is 9.97 Å². The number of nitrogens with one attached hydrogen (secondary N) is 1. The molecule has 1 unspecified atom stereocenters. The van der Waals surface area contributed by atoms with Gasteiger partial charge in [-0.05, 0) is 48.7 Å². The van der Waals surface area contributed by atoms with Crippen molar-refractivity contribution in [3.8, 4) is 23.2 Å². The van der Waals surface area contributed by atoms with Crippen LogP contribution in [0.1, 0.15) is 16.8 Å². The molecule has 11 nitrogen and oxygen atoms in total. The predicted molar refractivity (Wildman–Crippen MR) is 153 cm³/mol. The number of benzene rings is 2. The van der Waals surface area contributed by atoms with Crippen LogP contribution in [0.2, 0.25) is 0 Å². The molecular weight excluding hydrogens is 522 g/mol. The minimum Gasteiger partial charge on any atom is -0.497 e. The molecule has 1 N–H and O–H groups in total. The van der Waals surface area contributed by atoms with Gasteiger partial charge in [-0.15, -0.1) is 0 Å². The maximum atomic E-state index is 13.7. The molecule has 1 amide bonds. The highest BCUT2D eigenvalue weighted by Crippen LogP contribution is 2.32. The number of hydrogen-bond donors (Lipinski definition) is 1. The van der Waals surface area contributed by atoms with E-state index in [1.54, 1.807) is 24.2 Å². The second-order valence-electron chi connectivity index (χ2n) is 10.1. The zero-order chi connectivity index (χ0) is 28.2. The second-order valence-corrected chi connectivity index (χ2v) is 10.1. The lowest BCUT2D eigenvalue weighted by molar-refractivity contribution is -0.126. The first-order valence-electron chi connectivity index (χ1n) is 13.7. The van der Waals surface area contributed by atoms with Gasteiger partial charge in [0, 0.05) is 56.9 Å². The van der Waals surface area contributed by atoms with Gasteiger partial charge >= 0.3 is 0 Å². The summed E-state index contributed by atoms with van der Waals surface area (Å²) < 4.78 is 18.0. The topological polar surface area (TPSA) is 107 Å². The van der Waals surface area contributed by atoms with Crippen molar-refractivity contribution >= 4 is 11.7 Å². The fourth-order valence-corrected chi connectivity index (χ4v) is 5.16. The summed E-state index contributed by atoms with van der Waals surface area (Å²) in [7, 11) is 1.67. The van der Waals surface area contributed by atoms with Gasteiger partial charge < -0.3 is 24.4 Å². The average Bonchev–Trinajstić information content (AvgIpc) is 3.71. The third kappa shape index (κ3) is 6.09. The number of methoxy groups -OCH3 is 1. The molecule has 1 saturated heterocycles. The first-order valence-corrected chi connectivity index (χ1v) is 13.7. The molecule has 2 aromatic carbocycles. The van der Waals surface area contributed by atoms with Crippen LogP contribution in [0.15, 0.2) is 67.3 Å². The third-order valence-electron chi connectivity index (χ3n) is 7.43. The van der Waals surface area contributed by atoms with Gasteiger partial charge in [0.2, 0.25) is 18.6 Å². The summed E-state index contributed by atoms with van der Waals surface area (Å²) in [5.41, 5.74) is 3.00. The summed E-state index contributed by atoms with van der Waals surface area (Å²) in [6.45, 7) is 5.30. The molecule has 212 valence electrons. The molecule has 6 rings (SSSR count). The predicted octanol–water partition coefficient (Wildman–Crippen LogP) is 2.76. The maximum Gasteiger partial charge on any atom is 0.239 e. The number of carbonyl (C=O) groups is 1. The van der Waals surface area contributed by atoms with Gasteiger partial charge in [-0.1, -0.05) is 18.2 Å². The summed E-state index contributed by atoms with van der Waals surface area (Å²) in [6.07, 6.45) is 6.03. The number of rotatable bonds is 9. The summed E-state index contributed by atoms with van der Waals surface area (Å²) >= 11 is 0. The van der Waals surface area contributed by atoms with E-state index in [2.05, 4.69) is 37.2 Å².